The molecular weight excluding hydrogens is 222 g/mol. The predicted molar refractivity (Wildman–Crippen MR) is 56.8 cm³/mol. The van der Waals surface area contributed by atoms with Gasteiger partial charge in [0.25, 0.3) is 0 Å². The number of fused-ring (bicyclic) bond motifs is 1. The molecular formula is C10H7N5O2. The van der Waals surface area contributed by atoms with Crippen LogP contribution in [0.1, 0.15) is 0 Å². The summed E-state index contributed by atoms with van der Waals surface area (Å²) in [4.78, 5) is 0. The Morgan fingerprint density at radius 1 is 1.06 bits per heavy atom. The second-order valence-corrected chi connectivity index (χ2v) is 3.29. The lowest BCUT2D eigenvalue weighted by molar-refractivity contribution is 0.442. The third-order valence-electron chi connectivity index (χ3n) is 2.10. The van der Waals surface area contributed by atoms with Crippen LogP contribution in [0, 0.1) is 0 Å². The molecule has 2 heterocycles. The number of hydrogen-bond donors (Lipinski definition) is 1. The Labute approximate surface area is 95.3 Å². The molecule has 3 aromatic rings. The summed E-state index contributed by atoms with van der Waals surface area (Å²) in [5, 5.41) is 24.0. The van der Waals surface area contributed by atoms with Crippen LogP contribution < -0.4 is 4.74 Å². The highest BCUT2D eigenvalue weighted by Crippen LogP contribution is 2.21. The van der Waals surface area contributed by atoms with Gasteiger partial charge in [0.05, 0.1) is 0 Å². The fourth-order valence-corrected chi connectivity index (χ4v) is 1.32. The van der Waals surface area contributed by atoms with Crippen LogP contribution in [0.3, 0.4) is 0 Å². The maximum Gasteiger partial charge on any atom is 0.239 e. The zero-order chi connectivity index (χ0) is 11.7. The summed E-state index contributed by atoms with van der Waals surface area (Å²) in [6, 6.07) is 9.71. The topological polar surface area (TPSA) is 85.4 Å². The van der Waals surface area contributed by atoms with Crippen molar-refractivity contribution in [2.24, 2.45) is 0 Å². The number of rotatable bonds is 2. The van der Waals surface area contributed by atoms with Crippen molar-refractivity contribution in [3.05, 3.63) is 36.4 Å². The van der Waals surface area contributed by atoms with Crippen molar-refractivity contribution in [1.82, 2.24) is 25.3 Å². The van der Waals surface area contributed by atoms with E-state index in [-0.39, 0.29) is 5.75 Å². The second kappa shape index (κ2) is 3.71. The van der Waals surface area contributed by atoms with Gasteiger partial charge >= 0.3 is 0 Å². The molecule has 0 aliphatic rings. The predicted octanol–water partition coefficient (Wildman–Crippen LogP) is 1.02. The monoisotopic (exact) mass is 229 g/mol. The number of phenols is 1. The van der Waals surface area contributed by atoms with Crippen molar-refractivity contribution in [2.45, 2.75) is 0 Å². The van der Waals surface area contributed by atoms with Crippen LogP contribution in [0.15, 0.2) is 36.4 Å². The third kappa shape index (κ3) is 1.85. The van der Waals surface area contributed by atoms with Gasteiger partial charge in [0.15, 0.2) is 5.65 Å². The molecule has 0 spiro atoms. The number of tetrazole rings is 1. The summed E-state index contributed by atoms with van der Waals surface area (Å²) in [6.45, 7) is 0. The summed E-state index contributed by atoms with van der Waals surface area (Å²) in [5.74, 6) is 1.12. The maximum absolute atomic E-state index is 9.13. The first-order valence-electron chi connectivity index (χ1n) is 4.83. The molecule has 0 amide bonds. The van der Waals surface area contributed by atoms with Gasteiger partial charge in [-0.15, -0.1) is 14.8 Å². The van der Waals surface area contributed by atoms with E-state index in [0.29, 0.717) is 17.3 Å². The van der Waals surface area contributed by atoms with Gasteiger partial charge in [0.2, 0.25) is 5.88 Å². The smallest absolute Gasteiger partial charge is 0.239 e. The van der Waals surface area contributed by atoms with E-state index in [0.717, 1.165) is 0 Å². The molecule has 2 aromatic heterocycles. The Balaban J connectivity index is 1.91. The fourth-order valence-electron chi connectivity index (χ4n) is 1.32. The van der Waals surface area contributed by atoms with Crippen molar-refractivity contribution in [1.29, 1.82) is 0 Å². The largest absolute Gasteiger partial charge is 0.508 e. The molecule has 17 heavy (non-hydrogen) atoms. The fraction of sp³-hybridized carbons (Fsp3) is 0. The molecule has 0 bridgehead atoms. The van der Waals surface area contributed by atoms with Gasteiger partial charge in [-0.05, 0) is 40.8 Å². The normalized spacial score (nSPS) is 10.6. The van der Waals surface area contributed by atoms with Gasteiger partial charge in [0.1, 0.15) is 11.5 Å². The molecule has 0 unspecified atom stereocenters. The summed E-state index contributed by atoms with van der Waals surface area (Å²) < 4.78 is 6.75. The Morgan fingerprint density at radius 3 is 2.71 bits per heavy atom. The molecule has 0 atom stereocenters. The molecule has 0 saturated carbocycles. The molecule has 1 N–H and O–H groups in total. The van der Waals surface area contributed by atoms with Crippen molar-refractivity contribution < 1.29 is 9.84 Å². The lowest BCUT2D eigenvalue weighted by Crippen LogP contribution is -1.96. The molecule has 0 aliphatic heterocycles. The van der Waals surface area contributed by atoms with E-state index < -0.39 is 0 Å². The average Bonchev–Trinajstić information content (AvgIpc) is 2.79. The molecule has 7 heteroatoms. The van der Waals surface area contributed by atoms with Crippen molar-refractivity contribution >= 4 is 5.65 Å². The minimum absolute atomic E-state index is 0.182. The molecule has 84 valence electrons. The molecule has 1 aromatic carbocycles. The molecule has 7 nitrogen and oxygen atoms in total. The Kier molecular flexibility index (Phi) is 2.08. The minimum atomic E-state index is 0.182. The first-order valence-corrected chi connectivity index (χ1v) is 4.83. The molecule has 0 fully saturated rings. The molecule has 3 rings (SSSR count). The van der Waals surface area contributed by atoms with E-state index in [1.165, 1.54) is 16.8 Å². The van der Waals surface area contributed by atoms with Crippen LogP contribution in [0.25, 0.3) is 5.65 Å². The van der Waals surface area contributed by atoms with Gasteiger partial charge in [-0.25, -0.2) is 0 Å². The quantitative estimate of drug-likeness (QED) is 0.706. The number of nitrogens with zero attached hydrogens (tertiary/aromatic N) is 5. The van der Waals surface area contributed by atoms with Crippen molar-refractivity contribution in [3.8, 4) is 17.4 Å². The Hall–Kier alpha value is -2.70. The zero-order valence-corrected chi connectivity index (χ0v) is 8.56. The van der Waals surface area contributed by atoms with Crippen LogP contribution >= 0.6 is 0 Å². The first-order chi connectivity index (χ1) is 8.31. The minimum Gasteiger partial charge on any atom is -0.508 e. The Morgan fingerprint density at radius 2 is 1.88 bits per heavy atom. The van der Waals surface area contributed by atoms with Crippen molar-refractivity contribution in [2.75, 3.05) is 0 Å². The van der Waals surface area contributed by atoms with E-state index in [9.17, 15) is 0 Å². The Bertz CT molecular complexity index is 649. The average molecular weight is 229 g/mol. The highest BCUT2D eigenvalue weighted by molar-refractivity contribution is 5.36. The molecule has 0 saturated heterocycles. The second-order valence-electron chi connectivity index (χ2n) is 3.29. The number of ether oxygens (including phenoxy) is 1. The standard InChI is InChI=1S/C10H7N5O2/c16-7-1-3-8(4-2-7)17-10-6-5-9-11-13-14-15(9)12-10/h1-6,16H. The van der Waals surface area contributed by atoms with Crippen LogP contribution in [-0.2, 0) is 0 Å². The SMILES string of the molecule is Oc1ccc(Oc2ccc3nnnn3n2)cc1. The third-order valence-corrected chi connectivity index (χ3v) is 2.10. The number of aromatic nitrogens is 5. The van der Waals surface area contributed by atoms with Crippen molar-refractivity contribution in [3.63, 3.8) is 0 Å². The number of benzene rings is 1. The molecule has 0 aliphatic carbocycles. The van der Waals surface area contributed by atoms with E-state index in [1.807, 2.05) is 0 Å². The summed E-state index contributed by atoms with van der Waals surface area (Å²) in [7, 11) is 0. The van der Waals surface area contributed by atoms with Gasteiger partial charge in [-0.2, -0.15) is 0 Å². The van der Waals surface area contributed by atoms with E-state index in [1.54, 1.807) is 24.3 Å². The lowest BCUT2D eigenvalue weighted by Gasteiger charge is -2.03. The highest BCUT2D eigenvalue weighted by atomic mass is 16.5. The van der Waals surface area contributed by atoms with E-state index in [4.69, 9.17) is 9.84 Å². The summed E-state index contributed by atoms with van der Waals surface area (Å²) in [5.41, 5.74) is 0.544. The summed E-state index contributed by atoms with van der Waals surface area (Å²) in [6.07, 6.45) is 0. The number of phenolic OH excluding ortho intramolecular Hbond substituents is 1. The van der Waals surface area contributed by atoms with Gasteiger partial charge < -0.3 is 9.84 Å². The van der Waals surface area contributed by atoms with E-state index in [2.05, 4.69) is 20.6 Å². The van der Waals surface area contributed by atoms with E-state index >= 15 is 0 Å². The van der Waals surface area contributed by atoms with Gasteiger partial charge in [-0.1, -0.05) is 0 Å². The number of hydrogen-bond acceptors (Lipinski definition) is 6. The van der Waals surface area contributed by atoms with Gasteiger partial charge in [0, 0.05) is 6.07 Å². The molecule has 0 radical (unpaired) electrons. The van der Waals surface area contributed by atoms with Crippen LogP contribution in [0.2, 0.25) is 0 Å². The van der Waals surface area contributed by atoms with Gasteiger partial charge in [-0.3, -0.25) is 0 Å². The van der Waals surface area contributed by atoms with Crippen LogP contribution in [0.4, 0.5) is 0 Å². The lowest BCUT2D eigenvalue weighted by atomic mass is 10.3. The number of aromatic hydroxyl groups is 1. The van der Waals surface area contributed by atoms with Crippen LogP contribution in [-0.4, -0.2) is 30.4 Å². The summed E-state index contributed by atoms with van der Waals surface area (Å²) >= 11 is 0. The van der Waals surface area contributed by atoms with Crippen LogP contribution in [0.5, 0.6) is 17.4 Å². The maximum atomic E-state index is 9.13. The highest BCUT2D eigenvalue weighted by Gasteiger charge is 2.02. The zero-order valence-electron chi connectivity index (χ0n) is 8.56. The first kappa shape index (κ1) is 9.52.